The maximum Gasteiger partial charge on any atom is 0.0782 e. The first kappa shape index (κ1) is 14.6. The number of hydrogen-bond donors (Lipinski definition) is 1. The molecular weight excluding hydrogens is 326 g/mol. The lowest BCUT2D eigenvalue weighted by atomic mass is 9.99. The molecule has 0 aliphatic carbocycles. The van der Waals surface area contributed by atoms with Crippen molar-refractivity contribution in [1.29, 1.82) is 0 Å². The average molecular weight is 346 g/mol. The van der Waals surface area contributed by atoms with Crippen molar-refractivity contribution in [2.45, 2.75) is 25.4 Å². The zero-order chi connectivity index (χ0) is 14.8. The van der Waals surface area contributed by atoms with E-state index in [1.54, 1.807) is 0 Å². The van der Waals surface area contributed by atoms with Crippen LogP contribution in [-0.4, -0.2) is 18.2 Å². The Labute approximate surface area is 134 Å². The number of rotatable bonds is 3. The molecule has 0 amide bonds. The quantitative estimate of drug-likeness (QED) is 0.885. The molecule has 0 aromatic heterocycles. The minimum atomic E-state index is -0.451. The summed E-state index contributed by atoms with van der Waals surface area (Å²) in [6.45, 7) is 3.89. The average Bonchev–Trinajstić information content (AvgIpc) is 2.97. The van der Waals surface area contributed by atoms with Gasteiger partial charge in [0.15, 0.2) is 0 Å². The third-order valence-electron chi connectivity index (χ3n) is 4.24. The van der Waals surface area contributed by atoms with Crippen LogP contribution in [0.15, 0.2) is 53.0 Å². The minimum absolute atomic E-state index is 0.451. The molecule has 1 fully saturated rings. The summed E-state index contributed by atoms with van der Waals surface area (Å²) < 4.78 is 1.01. The number of halogens is 1. The van der Waals surface area contributed by atoms with Gasteiger partial charge in [-0.25, -0.2) is 0 Å². The molecule has 2 nitrogen and oxygen atoms in total. The van der Waals surface area contributed by atoms with Gasteiger partial charge in [0.25, 0.3) is 0 Å². The Morgan fingerprint density at radius 3 is 2.67 bits per heavy atom. The molecule has 2 aromatic rings. The molecule has 1 aliphatic heterocycles. The smallest absolute Gasteiger partial charge is 0.0782 e. The van der Waals surface area contributed by atoms with Crippen LogP contribution in [0.5, 0.6) is 0 Å². The Morgan fingerprint density at radius 1 is 1.19 bits per heavy atom. The first-order valence-corrected chi connectivity index (χ1v) is 8.22. The van der Waals surface area contributed by atoms with E-state index in [0.717, 1.165) is 28.8 Å². The largest absolute Gasteiger partial charge is 0.389 e. The van der Waals surface area contributed by atoms with Crippen molar-refractivity contribution in [2.24, 2.45) is 0 Å². The van der Waals surface area contributed by atoms with E-state index in [0.29, 0.717) is 5.92 Å². The Kier molecular flexibility index (Phi) is 4.32. The summed E-state index contributed by atoms with van der Waals surface area (Å²) in [4.78, 5) is 2.40. The van der Waals surface area contributed by atoms with E-state index in [2.05, 4.69) is 63.3 Å². The maximum atomic E-state index is 10.0. The summed E-state index contributed by atoms with van der Waals surface area (Å²) in [7, 11) is 0. The van der Waals surface area contributed by atoms with E-state index < -0.39 is 6.10 Å². The third kappa shape index (κ3) is 3.14. The van der Waals surface area contributed by atoms with Crippen LogP contribution in [0.2, 0.25) is 0 Å². The number of nitrogens with zero attached hydrogens (tertiary/aromatic N) is 1. The second kappa shape index (κ2) is 6.20. The highest BCUT2D eigenvalue weighted by Crippen LogP contribution is 2.35. The molecule has 0 saturated carbocycles. The van der Waals surface area contributed by atoms with Crippen LogP contribution in [0.25, 0.3) is 0 Å². The topological polar surface area (TPSA) is 23.5 Å². The Balaban J connectivity index is 1.84. The SMILES string of the molecule is CC(O)c1cc(Br)ccc1N1CCC(c2ccccc2)C1. The Morgan fingerprint density at radius 2 is 1.95 bits per heavy atom. The number of anilines is 1. The van der Waals surface area contributed by atoms with Gasteiger partial charge in [-0.2, -0.15) is 0 Å². The molecule has 0 spiro atoms. The molecule has 0 bridgehead atoms. The maximum absolute atomic E-state index is 10.0. The Bertz CT molecular complexity index is 612. The molecule has 2 atom stereocenters. The molecule has 3 heteroatoms. The van der Waals surface area contributed by atoms with Crippen molar-refractivity contribution in [3.8, 4) is 0 Å². The van der Waals surface area contributed by atoms with Gasteiger partial charge in [-0.1, -0.05) is 46.3 Å². The highest BCUT2D eigenvalue weighted by atomic mass is 79.9. The summed E-state index contributed by atoms with van der Waals surface area (Å²) in [5.74, 6) is 0.580. The molecule has 1 aliphatic rings. The number of aliphatic hydroxyl groups excluding tert-OH is 1. The molecular formula is C18H20BrNO. The van der Waals surface area contributed by atoms with Gasteiger partial charge in [-0.3, -0.25) is 0 Å². The normalized spacial score (nSPS) is 19.8. The highest BCUT2D eigenvalue weighted by molar-refractivity contribution is 9.10. The minimum Gasteiger partial charge on any atom is -0.389 e. The van der Waals surface area contributed by atoms with E-state index in [1.165, 1.54) is 12.0 Å². The lowest BCUT2D eigenvalue weighted by Gasteiger charge is -2.23. The van der Waals surface area contributed by atoms with E-state index in [4.69, 9.17) is 0 Å². The molecule has 2 aromatic carbocycles. The lowest BCUT2D eigenvalue weighted by Crippen LogP contribution is -2.21. The predicted molar refractivity (Wildman–Crippen MR) is 90.8 cm³/mol. The van der Waals surface area contributed by atoms with Gasteiger partial charge >= 0.3 is 0 Å². The van der Waals surface area contributed by atoms with Gasteiger partial charge in [0.2, 0.25) is 0 Å². The van der Waals surface area contributed by atoms with Crippen LogP contribution >= 0.6 is 15.9 Å². The van der Waals surface area contributed by atoms with E-state index in [-0.39, 0.29) is 0 Å². The zero-order valence-electron chi connectivity index (χ0n) is 12.2. The fourth-order valence-electron chi connectivity index (χ4n) is 3.12. The molecule has 1 N–H and O–H groups in total. The summed E-state index contributed by atoms with van der Waals surface area (Å²) in [5.41, 5.74) is 3.57. The fourth-order valence-corrected chi connectivity index (χ4v) is 3.50. The molecule has 1 heterocycles. The molecule has 110 valence electrons. The van der Waals surface area contributed by atoms with Crippen LogP contribution in [0, 0.1) is 0 Å². The second-order valence-electron chi connectivity index (χ2n) is 5.72. The summed E-state index contributed by atoms with van der Waals surface area (Å²) in [5, 5.41) is 10.0. The van der Waals surface area contributed by atoms with Gasteiger partial charge in [-0.05, 0) is 37.1 Å². The fraction of sp³-hybridized carbons (Fsp3) is 0.333. The first-order chi connectivity index (χ1) is 10.1. The number of aliphatic hydroxyl groups is 1. The van der Waals surface area contributed by atoms with Crippen LogP contribution in [0.3, 0.4) is 0 Å². The van der Waals surface area contributed by atoms with Crippen molar-refractivity contribution in [1.82, 2.24) is 0 Å². The second-order valence-corrected chi connectivity index (χ2v) is 6.64. The summed E-state index contributed by atoms with van der Waals surface area (Å²) in [6.07, 6.45) is 0.715. The van der Waals surface area contributed by atoms with Crippen LogP contribution in [-0.2, 0) is 0 Å². The van der Waals surface area contributed by atoms with Crippen LogP contribution in [0.1, 0.15) is 36.5 Å². The van der Waals surface area contributed by atoms with Gasteiger partial charge in [0, 0.05) is 34.7 Å². The first-order valence-electron chi connectivity index (χ1n) is 7.42. The van der Waals surface area contributed by atoms with Crippen molar-refractivity contribution in [3.05, 3.63) is 64.1 Å². The standard InChI is InChI=1S/C18H20BrNO/c1-13(21)17-11-16(19)7-8-18(17)20-10-9-15(12-20)14-5-3-2-4-6-14/h2-8,11,13,15,21H,9-10,12H2,1H3. The lowest BCUT2D eigenvalue weighted by molar-refractivity contribution is 0.199. The number of benzene rings is 2. The number of hydrogen-bond acceptors (Lipinski definition) is 2. The van der Waals surface area contributed by atoms with Gasteiger partial charge < -0.3 is 10.0 Å². The van der Waals surface area contributed by atoms with Crippen molar-refractivity contribution in [2.75, 3.05) is 18.0 Å². The third-order valence-corrected chi connectivity index (χ3v) is 4.73. The van der Waals surface area contributed by atoms with Crippen molar-refractivity contribution in [3.63, 3.8) is 0 Å². The van der Waals surface area contributed by atoms with Crippen molar-refractivity contribution >= 4 is 21.6 Å². The molecule has 1 saturated heterocycles. The van der Waals surface area contributed by atoms with Gasteiger partial charge in [-0.15, -0.1) is 0 Å². The molecule has 0 radical (unpaired) electrons. The zero-order valence-corrected chi connectivity index (χ0v) is 13.8. The van der Waals surface area contributed by atoms with E-state index in [9.17, 15) is 5.11 Å². The summed E-state index contributed by atoms with van der Waals surface area (Å²) in [6, 6.07) is 16.9. The van der Waals surface area contributed by atoms with Crippen LogP contribution in [0.4, 0.5) is 5.69 Å². The van der Waals surface area contributed by atoms with Crippen molar-refractivity contribution < 1.29 is 5.11 Å². The van der Waals surface area contributed by atoms with Gasteiger partial charge in [0.1, 0.15) is 0 Å². The molecule has 3 rings (SSSR count). The molecule has 21 heavy (non-hydrogen) atoms. The summed E-state index contributed by atoms with van der Waals surface area (Å²) >= 11 is 3.49. The Hall–Kier alpha value is -1.32. The van der Waals surface area contributed by atoms with Gasteiger partial charge in [0.05, 0.1) is 6.10 Å². The highest BCUT2D eigenvalue weighted by Gasteiger charge is 2.26. The van der Waals surface area contributed by atoms with E-state index in [1.807, 2.05) is 13.0 Å². The van der Waals surface area contributed by atoms with E-state index >= 15 is 0 Å². The van der Waals surface area contributed by atoms with Crippen LogP contribution < -0.4 is 4.90 Å². The molecule has 2 unspecified atom stereocenters. The monoisotopic (exact) mass is 345 g/mol. The predicted octanol–water partition coefficient (Wildman–Crippen LogP) is 4.50.